The fraction of sp³-hybridized carbons (Fsp3) is 0.619. The summed E-state index contributed by atoms with van der Waals surface area (Å²) in [6.07, 6.45) is 3.21. The fourth-order valence-electron chi connectivity index (χ4n) is 3.11. The number of aromatic nitrogens is 1. The molecule has 164 valence electrons. The third-order valence-corrected chi connectivity index (χ3v) is 4.57. The smallest absolute Gasteiger partial charge is 0.407 e. The van der Waals surface area contributed by atoms with Gasteiger partial charge in [-0.3, -0.25) is 9.63 Å². The molecule has 0 aromatic carbocycles. The minimum Gasteiger partial charge on any atom is -0.444 e. The largest absolute Gasteiger partial charge is 0.444 e. The lowest BCUT2D eigenvalue weighted by Crippen LogP contribution is -2.41. The summed E-state index contributed by atoms with van der Waals surface area (Å²) in [6, 6.07) is 5.38. The lowest BCUT2D eigenvalue weighted by atomic mass is 9.93. The molecular weight excluding hydrogens is 386 g/mol. The van der Waals surface area contributed by atoms with Crippen molar-refractivity contribution in [1.29, 1.82) is 5.26 Å². The molecule has 0 spiro atoms. The third kappa shape index (κ3) is 8.25. The molecule has 1 aliphatic heterocycles. The van der Waals surface area contributed by atoms with E-state index in [1.54, 1.807) is 40.0 Å². The number of amides is 2. The van der Waals surface area contributed by atoms with Crippen LogP contribution in [-0.2, 0) is 14.4 Å². The zero-order chi connectivity index (χ0) is 22.1. The average Bonchev–Trinajstić information content (AvgIpc) is 2.67. The van der Waals surface area contributed by atoms with Gasteiger partial charge in [0, 0.05) is 25.7 Å². The number of hydrogen-bond acceptors (Lipinski definition) is 7. The second-order valence-electron chi connectivity index (χ2n) is 8.53. The van der Waals surface area contributed by atoms with Crippen LogP contribution in [0.2, 0.25) is 0 Å². The molecule has 1 aliphatic rings. The Morgan fingerprint density at radius 1 is 1.33 bits per heavy atom. The molecule has 1 aromatic heterocycles. The van der Waals surface area contributed by atoms with Gasteiger partial charge in [-0.05, 0) is 58.6 Å². The first-order chi connectivity index (χ1) is 14.2. The number of pyridine rings is 1. The average molecular weight is 418 g/mol. The van der Waals surface area contributed by atoms with Crippen LogP contribution in [0.15, 0.2) is 18.3 Å². The molecule has 0 radical (unpaired) electrons. The van der Waals surface area contributed by atoms with E-state index in [1.807, 2.05) is 6.07 Å². The number of nitrogens with one attached hydrogen (secondary N) is 2. The molecule has 2 N–H and O–H groups in total. The first kappa shape index (κ1) is 23.4. The summed E-state index contributed by atoms with van der Waals surface area (Å²) in [5, 5.41) is 11.5. The van der Waals surface area contributed by atoms with Crippen LogP contribution in [0.1, 0.15) is 52.5 Å². The number of nitriles is 1. The van der Waals surface area contributed by atoms with Crippen molar-refractivity contribution in [3.63, 3.8) is 0 Å². The molecule has 0 aliphatic carbocycles. The van der Waals surface area contributed by atoms with E-state index in [0.29, 0.717) is 12.0 Å². The molecule has 9 heteroatoms. The number of carbonyl (C=O) groups is 2. The zero-order valence-corrected chi connectivity index (χ0v) is 18.1. The number of rotatable bonds is 7. The van der Waals surface area contributed by atoms with E-state index in [4.69, 9.17) is 14.8 Å². The third-order valence-electron chi connectivity index (χ3n) is 4.57. The molecule has 1 aromatic rings. The molecule has 2 amide bonds. The number of alkyl carbamates (subject to hydrolysis) is 1. The Kier molecular flexibility index (Phi) is 8.42. The number of carbonyl (C=O) groups excluding carboxylic acids is 2. The summed E-state index contributed by atoms with van der Waals surface area (Å²) >= 11 is 0. The van der Waals surface area contributed by atoms with Crippen LogP contribution in [0.25, 0.3) is 0 Å². The fourth-order valence-corrected chi connectivity index (χ4v) is 3.11. The SMILES string of the molecule is CC(CONC(=O)CC1CCN(c2ccc(C#N)cn2)CC1)NC(=O)OC(C)(C)C. The zero-order valence-electron chi connectivity index (χ0n) is 18.1. The van der Waals surface area contributed by atoms with E-state index >= 15 is 0 Å². The molecule has 0 saturated carbocycles. The highest BCUT2D eigenvalue weighted by atomic mass is 16.7. The first-order valence-electron chi connectivity index (χ1n) is 10.2. The number of piperidine rings is 1. The molecule has 30 heavy (non-hydrogen) atoms. The van der Waals surface area contributed by atoms with Crippen LogP contribution < -0.4 is 15.7 Å². The summed E-state index contributed by atoms with van der Waals surface area (Å²) in [5.74, 6) is 0.960. The van der Waals surface area contributed by atoms with E-state index < -0.39 is 11.7 Å². The number of ether oxygens (including phenoxy) is 1. The molecule has 2 rings (SSSR count). The van der Waals surface area contributed by atoms with Crippen molar-refractivity contribution in [1.82, 2.24) is 15.8 Å². The Morgan fingerprint density at radius 3 is 2.60 bits per heavy atom. The predicted octanol–water partition coefficient (Wildman–Crippen LogP) is 2.52. The van der Waals surface area contributed by atoms with Crippen molar-refractivity contribution in [2.24, 2.45) is 5.92 Å². The van der Waals surface area contributed by atoms with Crippen LogP contribution in [-0.4, -0.2) is 48.3 Å². The van der Waals surface area contributed by atoms with Crippen molar-refractivity contribution < 1.29 is 19.2 Å². The van der Waals surface area contributed by atoms with Gasteiger partial charge in [-0.25, -0.2) is 15.3 Å². The lowest BCUT2D eigenvalue weighted by molar-refractivity contribution is -0.135. The topological polar surface area (TPSA) is 117 Å². The van der Waals surface area contributed by atoms with E-state index in [-0.39, 0.29) is 24.5 Å². The Bertz CT molecular complexity index is 746. The summed E-state index contributed by atoms with van der Waals surface area (Å²) in [4.78, 5) is 35.5. The normalized spacial score (nSPS) is 15.8. The Balaban J connectivity index is 1.63. The maximum absolute atomic E-state index is 12.1. The first-order valence-corrected chi connectivity index (χ1v) is 10.2. The van der Waals surface area contributed by atoms with Gasteiger partial charge in [0.25, 0.3) is 0 Å². The van der Waals surface area contributed by atoms with Gasteiger partial charge in [-0.15, -0.1) is 0 Å². The maximum atomic E-state index is 12.1. The molecular formula is C21H31N5O4. The van der Waals surface area contributed by atoms with Gasteiger partial charge < -0.3 is 15.0 Å². The second-order valence-corrected chi connectivity index (χ2v) is 8.53. The Morgan fingerprint density at radius 2 is 2.03 bits per heavy atom. The van der Waals surface area contributed by atoms with Crippen LogP contribution in [0.3, 0.4) is 0 Å². The van der Waals surface area contributed by atoms with E-state index in [2.05, 4.69) is 26.7 Å². The molecule has 1 fully saturated rings. The molecule has 1 atom stereocenters. The number of hydrogen-bond donors (Lipinski definition) is 2. The van der Waals surface area contributed by atoms with Crippen LogP contribution in [0.4, 0.5) is 10.6 Å². The van der Waals surface area contributed by atoms with Gasteiger partial charge in [0.2, 0.25) is 5.91 Å². The van der Waals surface area contributed by atoms with E-state index in [0.717, 1.165) is 31.7 Å². The molecule has 1 unspecified atom stereocenters. The summed E-state index contributed by atoms with van der Waals surface area (Å²) in [7, 11) is 0. The highest BCUT2D eigenvalue weighted by Crippen LogP contribution is 2.24. The number of anilines is 1. The van der Waals surface area contributed by atoms with E-state index in [1.165, 1.54) is 0 Å². The standard InChI is InChI=1S/C21H31N5O4/c1-15(24-20(28)30-21(2,3)4)14-29-25-19(27)11-16-7-9-26(10-8-16)18-6-5-17(12-22)13-23-18/h5-6,13,15-16H,7-11,14H2,1-4H3,(H,24,28)(H,25,27). The molecule has 2 heterocycles. The number of nitrogens with zero attached hydrogens (tertiary/aromatic N) is 3. The van der Waals surface area contributed by atoms with Crippen LogP contribution >= 0.6 is 0 Å². The molecule has 1 saturated heterocycles. The van der Waals surface area contributed by atoms with Crippen molar-refractivity contribution in [3.8, 4) is 6.07 Å². The second kappa shape index (κ2) is 10.8. The highest BCUT2D eigenvalue weighted by molar-refractivity contribution is 5.75. The van der Waals surface area contributed by atoms with Gasteiger partial charge in [-0.2, -0.15) is 5.26 Å². The van der Waals surface area contributed by atoms with Crippen LogP contribution in [0.5, 0.6) is 0 Å². The minimum absolute atomic E-state index is 0.147. The van der Waals surface area contributed by atoms with Gasteiger partial charge in [0.1, 0.15) is 17.5 Å². The predicted molar refractivity (Wildman–Crippen MR) is 111 cm³/mol. The van der Waals surface area contributed by atoms with Crippen molar-refractivity contribution >= 4 is 17.8 Å². The van der Waals surface area contributed by atoms with Crippen molar-refractivity contribution in [2.75, 3.05) is 24.6 Å². The van der Waals surface area contributed by atoms with Crippen molar-refractivity contribution in [2.45, 2.75) is 58.6 Å². The quantitative estimate of drug-likeness (QED) is 0.655. The van der Waals surface area contributed by atoms with Gasteiger partial charge in [-0.1, -0.05) is 0 Å². The van der Waals surface area contributed by atoms with Gasteiger partial charge in [0.05, 0.1) is 18.2 Å². The summed E-state index contributed by atoms with van der Waals surface area (Å²) < 4.78 is 5.17. The van der Waals surface area contributed by atoms with Crippen LogP contribution in [0, 0.1) is 17.2 Å². The monoisotopic (exact) mass is 417 g/mol. The minimum atomic E-state index is -0.565. The molecule has 9 nitrogen and oxygen atoms in total. The summed E-state index contributed by atoms with van der Waals surface area (Å²) in [6.45, 7) is 8.91. The number of hydroxylamine groups is 1. The highest BCUT2D eigenvalue weighted by Gasteiger charge is 2.23. The van der Waals surface area contributed by atoms with Crippen molar-refractivity contribution in [3.05, 3.63) is 23.9 Å². The maximum Gasteiger partial charge on any atom is 0.407 e. The molecule has 0 bridgehead atoms. The van der Waals surface area contributed by atoms with E-state index in [9.17, 15) is 9.59 Å². The Labute approximate surface area is 177 Å². The van der Waals surface area contributed by atoms with Gasteiger partial charge >= 0.3 is 6.09 Å². The lowest BCUT2D eigenvalue weighted by Gasteiger charge is -2.32. The Hall–Kier alpha value is -2.86. The van der Waals surface area contributed by atoms with Gasteiger partial charge in [0.15, 0.2) is 0 Å². The summed E-state index contributed by atoms with van der Waals surface area (Å²) in [5.41, 5.74) is 2.43.